The summed E-state index contributed by atoms with van der Waals surface area (Å²) in [6, 6.07) is 2.54. The van der Waals surface area contributed by atoms with Gasteiger partial charge in [-0.1, -0.05) is 58.4 Å². The van der Waals surface area contributed by atoms with Crippen LogP contribution in [0.2, 0.25) is 10.0 Å². The van der Waals surface area contributed by atoms with Gasteiger partial charge in [0.25, 0.3) is 5.69 Å². The van der Waals surface area contributed by atoms with E-state index in [9.17, 15) is 10.1 Å². The molecule has 1 aromatic rings. The Kier molecular flexibility index (Phi) is 5.74. The van der Waals surface area contributed by atoms with Crippen molar-refractivity contribution in [3.8, 4) is 5.75 Å². The molecule has 0 saturated heterocycles. The van der Waals surface area contributed by atoms with Crippen LogP contribution in [0.25, 0.3) is 0 Å². The highest BCUT2D eigenvalue weighted by Crippen LogP contribution is 2.41. The second kappa shape index (κ2) is 7.16. The topological polar surface area (TPSA) is 52.4 Å². The zero-order valence-corrected chi connectivity index (χ0v) is 14.5. The number of alkyl halides is 1. The van der Waals surface area contributed by atoms with Crippen LogP contribution in [-0.4, -0.2) is 16.9 Å². The van der Waals surface area contributed by atoms with Crippen LogP contribution in [0.3, 0.4) is 0 Å². The molecule has 0 spiro atoms. The molecule has 2 rings (SSSR count). The number of nitro benzene ring substituents is 1. The highest BCUT2D eigenvalue weighted by Gasteiger charge is 2.32. The zero-order valence-electron chi connectivity index (χ0n) is 11.4. The lowest BCUT2D eigenvalue weighted by molar-refractivity contribution is -0.384. The van der Waals surface area contributed by atoms with Gasteiger partial charge in [-0.25, -0.2) is 0 Å². The van der Waals surface area contributed by atoms with Crippen molar-refractivity contribution in [2.45, 2.75) is 32.1 Å². The van der Waals surface area contributed by atoms with Gasteiger partial charge in [-0.3, -0.25) is 10.1 Å². The molecular formula is C14H16BrCl2NO3. The Labute approximate surface area is 142 Å². The van der Waals surface area contributed by atoms with E-state index in [1.54, 1.807) is 0 Å². The molecule has 0 radical (unpaired) electrons. The Morgan fingerprint density at radius 2 is 1.81 bits per heavy atom. The van der Waals surface area contributed by atoms with Crippen molar-refractivity contribution in [2.75, 3.05) is 11.9 Å². The summed E-state index contributed by atoms with van der Waals surface area (Å²) in [4.78, 5) is 10.2. The van der Waals surface area contributed by atoms with Crippen molar-refractivity contribution in [2.24, 2.45) is 5.41 Å². The fourth-order valence-electron chi connectivity index (χ4n) is 2.63. The van der Waals surface area contributed by atoms with Crippen molar-refractivity contribution in [1.29, 1.82) is 0 Å². The molecule has 0 N–H and O–H groups in total. The van der Waals surface area contributed by atoms with Crippen molar-refractivity contribution in [3.63, 3.8) is 0 Å². The number of hydrogen-bond acceptors (Lipinski definition) is 3. The van der Waals surface area contributed by atoms with Crippen molar-refractivity contribution >= 4 is 44.8 Å². The van der Waals surface area contributed by atoms with Crippen LogP contribution in [0.4, 0.5) is 5.69 Å². The number of benzene rings is 1. The maximum Gasteiger partial charge on any atom is 0.272 e. The first-order chi connectivity index (χ1) is 9.97. The smallest absolute Gasteiger partial charge is 0.272 e. The van der Waals surface area contributed by atoms with Crippen molar-refractivity contribution in [1.82, 2.24) is 0 Å². The van der Waals surface area contributed by atoms with Gasteiger partial charge in [0.1, 0.15) is 0 Å². The minimum Gasteiger partial charge on any atom is -0.490 e. The van der Waals surface area contributed by atoms with E-state index in [4.69, 9.17) is 27.9 Å². The molecule has 7 heteroatoms. The van der Waals surface area contributed by atoms with Crippen LogP contribution in [-0.2, 0) is 0 Å². The molecule has 1 aromatic carbocycles. The van der Waals surface area contributed by atoms with Crippen LogP contribution in [0, 0.1) is 15.5 Å². The number of ether oxygens (including phenoxy) is 1. The van der Waals surface area contributed by atoms with Crippen LogP contribution in [0.15, 0.2) is 12.1 Å². The van der Waals surface area contributed by atoms with Gasteiger partial charge in [0.05, 0.1) is 21.6 Å². The highest BCUT2D eigenvalue weighted by molar-refractivity contribution is 9.09. The maximum atomic E-state index is 10.8. The lowest BCUT2D eigenvalue weighted by Crippen LogP contribution is -2.32. The van der Waals surface area contributed by atoms with E-state index in [2.05, 4.69) is 15.9 Å². The molecule has 0 bridgehead atoms. The fourth-order valence-corrected chi connectivity index (χ4v) is 3.94. The lowest BCUT2D eigenvalue weighted by Gasteiger charge is -2.35. The third kappa shape index (κ3) is 4.02. The zero-order chi connectivity index (χ0) is 15.5. The van der Waals surface area contributed by atoms with Gasteiger partial charge in [0.15, 0.2) is 5.75 Å². The number of hydrogen-bond donors (Lipinski definition) is 0. The van der Waals surface area contributed by atoms with Gasteiger partial charge in [0.2, 0.25) is 0 Å². The summed E-state index contributed by atoms with van der Waals surface area (Å²) in [5.41, 5.74) is -0.0441. The SMILES string of the molecule is O=[N+]([O-])c1cc(Cl)c(OCC2(CBr)CCCCC2)c(Cl)c1. The maximum absolute atomic E-state index is 10.8. The van der Waals surface area contributed by atoms with E-state index >= 15 is 0 Å². The van der Waals surface area contributed by atoms with Crippen molar-refractivity contribution in [3.05, 3.63) is 32.3 Å². The molecule has 1 aliphatic carbocycles. The Hall–Kier alpha value is -0.520. The van der Waals surface area contributed by atoms with Crippen LogP contribution < -0.4 is 4.74 Å². The Morgan fingerprint density at radius 3 is 2.29 bits per heavy atom. The van der Waals surface area contributed by atoms with Gasteiger partial charge >= 0.3 is 0 Å². The third-order valence-electron chi connectivity index (χ3n) is 3.91. The van der Waals surface area contributed by atoms with E-state index in [0.29, 0.717) is 12.4 Å². The van der Waals surface area contributed by atoms with Gasteiger partial charge in [0, 0.05) is 22.9 Å². The number of non-ortho nitro benzene ring substituents is 1. The Balaban J connectivity index is 2.14. The lowest BCUT2D eigenvalue weighted by atomic mass is 9.76. The predicted octanol–water partition coefficient (Wildman–Crippen LogP) is 5.63. The molecule has 0 heterocycles. The van der Waals surface area contributed by atoms with Gasteiger partial charge in [-0.05, 0) is 12.8 Å². The average Bonchev–Trinajstić information content (AvgIpc) is 2.47. The van der Waals surface area contributed by atoms with Crippen LogP contribution in [0.5, 0.6) is 5.75 Å². The largest absolute Gasteiger partial charge is 0.490 e. The molecule has 1 fully saturated rings. The molecule has 4 nitrogen and oxygen atoms in total. The molecule has 0 atom stereocenters. The first-order valence-electron chi connectivity index (χ1n) is 6.80. The molecule has 0 aromatic heterocycles. The monoisotopic (exact) mass is 395 g/mol. The van der Waals surface area contributed by atoms with Crippen LogP contribution in [0.1, 0.15) is 32.1 Å². The van der Waals surface area contributed by atoms with Gasteiger partial charge in [-0.2, -0.15) is 0 Å². The number of rotatable bonds is 5. The Bertz CT molecular complexity index is 510. The molecule has 0 amide bonds. The van der Waals surface area contributed by atoms with Crippen LogP contribution >= 0.6 is 39.1 Å². The molecule has 1 saturated carbocycles. The van der Waals surface area contributed by atoms with E-state index in [0.717, 1.165) is 18.2 Å². The number of halogens is 3. The summed E-state index contributed by atoms with van der Waals surface area (Å²) in [7, 11) is 0. The molecule has 116 valence electrons. The average molecular weight is 397 g/mol. The molecular weight excluding hydrogens is 381 g/mol. The first-order valence-corrected chi connectivity index (χ1v) is 8.67. The summed E-state index contributed by atoms with van der Waals surface area (Å²) in [6.07, 6.45) is 5.84. The van der Waals surface area contributed by atoms with E-state index in [1.807, 2.05) is 0 Å². The predicted molar refractivity (Wildman–Crippen MR) is 87.9 cm³/mol. The van der Waals surface area contributed by atoms with Gasteiger partial charge < -0.3 is 4.74 Å². The number of nitrogens with zero attached hydrogens (tertiary/aromatic N) is 1. The van der Waals surface area contributed by atoms with Crippen molar-refractivity contribution < 1.29 is 9.66 Å². The molecule has 1 aliphatic rings. The third-order valence-corrected chi connectivity index (χ3v) is 5.67. The summed E-state index contributed by atoms with van der Waals surface area (Å²) < 4.78 is 5.82. The fraction of sp³-hybridized carbons (Fsp3) is 0.571. The summed E-state index contributed by atoms with van der Waals surface area (Å²) >= 11 is 15.7. The minimum atomic E-state index is -0.525. The van der Waals surface area contributed by atoms with E-state index in [-0.39, 0.29) is 21.1 Å². The van der Waals surface area contributed by atoms with E-state index < -0.39 is 4.92 Å². The van der Waals surface area contributed by atoms with Gasteiger partial charge in [-0.15, -0.1) is 0 Å². The quantitative estimate of drug-likeness (QED) is 0.368. The minimum absolute atomic E-state index is 0.0900. The second-order valence-electron chi connectivity index (χ2n) is 5.48. The molecule has 0 unspecified atom stereocenters. The molecule has 21 heavy (non-hydrogen) atoms. The summed E-state index contributed by atoms with van der Waals surface area (Å²) in [6.45, 7) is 0.509. The van der Waals surface area contributed by atoms with E-state index in [1.165, 1.54) is 31.4 Å². The number of nitro groups is 1. The standard InChI is InChI=1S/C14H16BrCl2NO3/c15-8-14(4-2-1-3-5-14)9-21-13-11(16)6-10(18(19)20)7-12(13)17/h6-7H,1-5,8-9H2. The highest BCUT2D eigenvalue weighted by atomic mass is 79.9. The Morgan fingerprint density at radius 1 is 1.24 bits per heavy atom. The first kappa shape index (κ1) is 16.8. The summed E-state index contributed by atoms with van der Waals surface area (Å²) in [5, 5.41) is 12.0. The normalized spacial score (nSPS) is 17.5. The second-order valence-corrected chi connectivity index (χ2v) is 6.85. The molecule has 0 aliphatic heterocycles. The summed E-state index contributed by atoms with van der Waals surface area (Å²) in [5.74, 6) is 0.329.